The fourth-order valence-corrected chi connectivity index (χ4v) is 1.25. The number of ketones is 1. The summed E-state index contributed by atoms with van der Waals surface area (Å²) in [6.07, 6.45) is 2.54. The number of hydrogen-bond acceptors (Lipinski definition) is 2. The summed E-state index contributed by atoms with van der Waals surface area (Å²) < 4.78 is 1.52. The van der Waals surface area contributed by atoms with E-state index in [1.54, 1.807) is 6.20 Å². The molecule has 0 aliphatic carbocycles. The third-order valence-electron chi connectivity index (χ3n) is 1.60. The monoisotopic (exact) mass is 186 g/mol. The molecule has 0 aliphatic heterocycles. The minimum Gasteiger partial charge on any atom is -0.298 e. The summed E-state index contributed by atoms with van der Waals surface area (Å²) >= 11 is 5.92. The second-order valence-electron chi connectivity index (χ2n) is 2.67. The number of Topliss-reactive ketones (excluding diaryl/α,β-unsaturated/α-hetero) is 1. The zero-order valence-corrected chi connectivity index (χ0v) is 7.93. The smallest absolute Gasteiger partial charge is 0.151 e. The van der Waals surface area contributed by atoms with Crippen molar-refractivity contribution in [2.45, 2.75) is 26.8 Å². The summed E-state index contributed by atoms with van der Waals surface area (Å²) in [5, 5.41) is 4.57. The van der Waals surface area contributed by atoms with Crippen LogP contribution in [0.3, 0.4) is 0 Å². The van der Waals surface area contributed by atoms with Crippen LogP contribution in [0.4, 0.5) is 0 Å². The molecule has 12 heavy (non-hydrogen) atoms. The van der Waals surface area contributed by atoms with E-state index in [-0.39, 0.29) is 12.3 Å². The van der Waals surface area contributed by atoms with Gasteiger partial charge in [-0.25, -0.2) is 4.68 Å². The Kier molecular flexibility index (Phi) is 2.87. The lowest BCUT2D eigenvalue weighted by Gasteiger charge is -1.98. The van der Waals surface area contributed by atoms with Crippen LogP contribution in [0.2, 0.25) is 5.15 Å². The van der Waals surface area contributed by atoms with Gasteiger partial charge in [0.25, 0.3) is 0 Å². The van der Waals surface area contributed by atoms with E-state index in [0.29, 0.717) is 5.15 Å². The van der Waals surface area contributed by atoms with Gasteiger partial charge in [0.1, 0.15) is 11.7 Å². The molecule has 0 saturated carbocycles. The van der Waals surface area contributed by atoms with Gasteiger partial charge in [0.15, 0.2) is 5.78 Å². The Morgan fingerprint density at radius 1 is 1.75 bits per heavy atom. The standard InChI is InChI=1S/C8H11ClN2O/c1-3-7-4-10-11(8(7)9)5-6(2)12/h4H,3,5H2,1-2H3. The van der Waals surface area contributed by atoms with E-state index in [4.69, 9.17) is 11.6 Å². The SMILES string of the molecule is CCc1cnn(CC(C)=O)c1Cl. The predicted octanol–water partition coefficient (Wildman–Crippen LogP) is 1.69. The van der Waals surface area contributed by atoms with Gasteiger partial charge in [0, 0.05) is 5.56 Å². The zero-order chi connectivity index (χ0) is 9.14. The van der Waals surface area contributed by atoms with Crippen LogP contribution in [0, 0.1) is 0 Å². The van der Waals surface area contributed by atoms with Crippen LogP contribution >= 0.6 is 11.6 Å². The molecule has 0 atom stereocenters. The predicted molar refractivity (Wildman–Crippen MR) is 47.3 cm³/mol. The van der Waals surface area contributed by atoms with Crippen molar-refractivity contribution in [2.24, 2.45) is 0 Å². The molecule has 0 amide bonds. The Balaban J connectivity index is 2.87. The largest absolute Gasteiger partial charge is 0.298 e. The first-order valence-electron chi connectivity index (χ1n) is 3.84. The minimum absolute atomic E-state index is 0.0580. The van der Waals surface area contributed by atoms with Gasteiger partial charge >= 0.3 is 0 Å². The van der Waals surface area contributed by atoms with E-state index in [0.717, 1.165) is 12.0 Å². The van der Waals surface area contributed by atoms with Gasteiger partial charge in [0.2, 0.25) is 0 Å². The third kappa shape index (κ3) is 1.85. The topological polar surface area (TPSA) is 34.9 Å². The highest BCUT2D eigenvalue weighted by molar-refractivity contribution is 6.30. The summed E-state index contributed by atoms with van der Waals surface area (Å²) in [7, 11) is 0. The number of carbonyl (C=O) groups excluding carboxylic acids is 1. The Morgan fingerprint density at radius 2 is 2.42 bits per heavy atom. The molecule has 0 aliphatic rings. The van der Waals surface area contributed by atoms with E-state index in [2.05, 4.69) is 5.10 Å². The maximum absolute atomic E-state index is 10.7. The molecule has 0 unspecified atom stereocenters. The van der Waals surface area contributed by atoms with Gasteiger partial charge in [-0.1, -0.05) is 18.5 Å². The van der Waals surface area contributed by atoms with Gasteiger partial charge in [-0.3, -0.25) is 4.79 Å². The van der Waals surface area contributed by atoms with E-state index in [1.165, 1.54) is 11.6 Å². The highest BCUT2D eigenvalue weighted by Crippen LogP contribution is 2.15. The van der Waals surface area contributed by atoms with E-state index in [9.17, 15) is 4.79 Å². The van der Waals surface area contributed by atoms with Crippen molar-refractivity contribution in [3.8, 4) is 0 Å². The van der Waals surface area contributed by atoms with Crippen molar-refractivity contribution in [3.05, 3.63) is 16.9 Å². The molecule has 1 aromatic rings. The lowest BCUT2D eigenvalue weighted by Crippen LogP contribution is -2.07. The van der Waals surface area contributed by atoms with Crippen molar-refractivity contribution in [3.63, 3.8) is 0 Å². The van der Waals surface area contributed by atoms with Crippen molar-refractivity contribution in [1.29, 1.82) is 0 Å². The van der Waals surface area contributed by atoms with Gasteiger partial charge in [-0.15, -0.1) is 0 Å². The first kappa shape index (κ1) is 9.26. The van der Waals surface area contributed by atoms with Crippen LogP contribution in [0.25, 0.3) is 0 Å². The van der Waals surface area contributed by atoms with Crippen molar-refractivity contribution in [1.82, 2.24) is 9.78 Å². The highest BCUT2D eigenvalue weighted by atomic mass is 35.5. The lowest BCUT2D eigenvalue weighted by molar-refractivity contribution is -0.117. The Labute approximate surface area is 76.3 Å². The Morgan fingerprint density at radius 3 is 2.83 bits per heavy atom. The van der Waals surface area contributed by atoms with Crippen LogP contribution in [0.1, 0.15) is 19.4 Å². The van der Waals surface area contributed by atoms with Crippen LogP contribution in [-0.2, 0) is 17.8 Å². The number of halogens is 1. The molecule has 66 valence electrons. The number of hydrogen-bond donors (Lipinski definition) is 0. The summed E-state index contributed by atoms with van der Waals surface area (Å²) in [6, 6.07) is 0. The highest BCUT2D eigenvalue weighted by Gasteiger charge is 2.07. The maximum atomic E-state index is 10.7. The number of aromatic nitrogens is 2. The van der Waals surface area contributed by atoms with Gasteiger partial charge < -0.3 is 0 Å². The molecule has 0 N–H and O–H groups in total. The maximum Gasteiger partial charge on any atom is 0.151 e. The molecule has 1 aromatic heterocycles. The van der Waals surface area contributed by atoms with Crippen molar-refractivity contribution in [2.75, 3.05) is 0 Å². The molecule has 4 heteroatoms. The summed E-state index contributed by atoms with van der Waals surface area (Å²) in [6.45, 7) is 3.78. The molecule has 1 heterocycles. The first-order chi connectivity index (χ1) is 5.65. The van der Waals surface area contributed by atoms with E-state index >= 15 is 0 Å². The fraction of sp³-hybridized carbons (Fsp3) is 0.500. The molecule has 1 rings (SSSR count). The summed E-state index contributed by atoms with van der Waals surface area (Å²) in [5.74, 6) is 0.0580. The molecule has 0 bridgehead atoms. The number of carbonyl (C=O) groups is 1. The van der Waals surface area contributed by atoms with Gasteiger partial charge in [0.05, 0.1) is 6.20 Å². The van der Waals surface area contributed by atoms with Crippen LogP contribution in [0.5, 0.6) is 0 Å². The van der Waals surface area contributed by atoms with Crippen molar-refractivity contribution >= 4 is 17.4 Å². The molecule has 0 aromatic carbocycles. The normalized spacial score (nSPS) is 10.2. The van der Waals surface area contributed by atoms with Crippen LogP contribution < -0.4 is 0 Å². The fourth-order valence-electron chi connectivity index (χ4n) is 0.967. The zero-order valence-electron chi connectivity index (χ0n) is 7.17. The van der Waals surface area contributed by atoms with E-state index in [1.807, 2.05) is 6.92 Å². The first-order valence-corrected chi connectivity index (χ1v) is 4.22. The summed E-state index contributed by atoms with van der Waals surface area (Å²) in [5.41, 5.74) is 0.984. The molecule has 0 saturated heterocycles. The Bertz CT molecular complexity index is 293. The molecular formula is C8H11ClN2O. The molecular weight excluding hydrogens is 176 g/mol. The third-order valence-corrected chi connectivity index (χ3v) is 2.04. The Hall–Kier alpha value is -0.830. The number of nitrogens with zero attached hydrogens (tertiary/aromatic N) is 2. The average molecular weight is 187 g/mol. The van der Waals surface area contributed by atoms with E-state index < -0.39 is 0 Å². The average Bonchev–Trinajstić information content (AvgIpc) is 2.32. The minimum atomic E-state index is 0.0580. The van der Waals surface area contributed by atoms with Crippen LogP contribution in [-0.4, -0.2) is 15.6 Å². The second-order valence-corrected chi connectivity index (χ2v) is 3.03. The summed E-state index contributed by atoms with van der Waals surface area (Å²) in [4.78, 5) is 10.7. The number of aryl methyl sites for hydroxylation is 1. The number of rotatable bonds is 3. The van der Waals surface area contributed by atoms with Gasteiger partial charge in [-0.2, -0.15) is 5.10 Å². The lowest BCUT2D eigenvalue weighted by atomic mass is 10.3. The molecule has 3 nitrogen and oxygen atoms in total. The van der Waals surface area contributed by atoms with Crippen molar-refractivity contribution < 1.29 is 4.79 Å². The quantitative estimate of drug-likeness (QED) is 0.720. The molecule has 0 radical (unpaired) electrons. The van der Waals surface area contributed by atoms with Crippen LogP contribution in [0.15, 0.2) is 6.20 Å². The van der Waals surface area contributed by atoms with Gasteiger partial charge in [-0.05, 0) is 13.3 Å². The second kappa shape index (κ2) is 3.72. The molecule has 0 spiro atoms. The molecule has 0 fully saturated rings.